The summed E-state index contributed by atoms with van der Waals surface area (Å²) in [6.07, 6.45) is 0. The second-order valence-corrected chi connectivity index (χ2v) is 4.08. The average Bonchev–Trinajstić information content (AvgIpc) is 2.15. The number of carbonyl (C=O) groups excluding carboxylic acids is 1. The molecule has 1 aliphatic rings. The lowest BCUT2D eigenvalue weighted by atomic mass is 9.81. The van der Waals surface area contributed by atoms with Crippen molar-refractivity contribution in [2.45, 2.75) is 27.7 Å². The molecule has 0 aromatic rings. The van der Waals surface area contributed by atoms with Gasteiger partial charge in [0.05, 0.1) is 12.2 Å². The van der Waals surface area contributed by atoms with Gasteiger partial charge >= 0.3 is 11.9 Å². The largest absolute Gasteiger partial charge is 0.481 e. The maximum absolute atomic E-state index is 11.8. The van der Waals surface area contributed by atoms with Crippen LogP contribution < -0.4 is 0 Å². The van der Waals surface area contributed by atoms with Crippen LogP contribution in [-0.4, -0.2) is 29.4 Å². The molecule has 0 fully saturated rings. The minimum absolute atomic E-state index is 0.267. The number of hydrogen-bond acceptors (Lipinski definition) is 4. The molecule has 1 heterocycles. The quantitative estimate of drug-likeness (QED) is 0.759. The summed E-state index contributed by atoms with van der Waals surface area (Å²) in [5, 5.41) is 9.14. The highest BCUT2D eigenvalue weighted by atomic mass is 16.5. The molecule has 0 aromatic carbocycles. The second kappa shape index (κ2) is 5.12. The van der Waals surface area contributed by atoms with E-state index < -0.39 is 23.8 Å². The lowest BCUT2D eigenvalue weighted by molar-refractivity contribution is -0.141. The van der Waals surface area contributed by atoms with E-state index in [1.54, 1.807) is 27.7 Å². The third-order valence-electron chi connectivity index (χ3n) is 2.90. The van der Waals surface area contributed by atoms with Crippen LogP contribution in [0.25, 0.3) is 0 Å². The zero-order valence-corrected chi connectivity index (χ0v) is 10.5. The third kappa shape index (κ3) is 2.54. The molecule has 1 aliphatic heterocycles. The summed E-state index contributed by atoms with van der Waals surface area (Å²) in [6.45, 7) is 7.06. The topological polar surface area (TPSA) is 76.0 Å². The van der Waals surface area contributed by atoms with Gasteiger partial charge in [-0.15, -0.1) is 0 Å². The van der Waals surface area contributed by atoms with Crippen molar-refractivity contribution < 1.29 is 19.4 Å². The number of aliphatic carboxylic acids is 1. The fourth-order valence-corrected chi connectivity index (χ4v) is 2.19. The van der Waals surface area contributed by atoms with Crippen LogP contribution in [0.1, 0.15) is 27.7 Å². The van der Waals surface area contributed by atoms with E-state index in [0.29, 0.717) is 17.0 Å². The van der Waals surface area contributed by atoms with Crippen molar-refractivity contribution in [3.63, 3.8) is 0 Å². The average molecular weight is 239 g/mol. The zero-order chi connectivity index (χ0) is 13.2. The number of carboxylic acids is 1. The molecule has 0 amide bonds. The minimum atomic E-state index is -0.965. The van der Waals surface area contributed by atoms with E-state index in [4.69, 9.17) is 9.84 Å². The Kier molecular flexibility index (Phi) is 4.04. The van der Waals surface area contributed by atoms with Crippen LogP contribution in [0, 0.1) is 11.8 Å². The Morgan fingerprint density at radius 3 is 2.47 bits per heavy atom. The molecule has 17 heavy (non-hydrogen) atoms. The first-order valence-corrected chi connectivity index (χ1v) is 5.56. The monoisotopic (exact) mass is 239 g/mol. The summed E-state index contributed by atoms with van der Waals surface area (Å²) in [4.78, 5) is 27.0. The van der Waals surface area contributed by atoms with Crippen LogP contribution in [0.3, 0.4) is 0 Å². The molecular formula is C12H17NO4. The van der Waals surface area contributed by atoms with Crippen molar-refractivity contribution in [1.29, 1.82) is 0 Å². The second-order valence-electron chi connectivity index (χ2n) is 4.08. The molecule has 1 N–H and O–H groups in total. The molecule has 0 saturated heterocycles. The van der Waals surface area contributed by atoms with Gasteiger partial charge in [-0.2, -0.15) is 0 Å². The number of rotatable bonds is 3. The zero-order valence-electron chi connectivity index (χ0n) is 10.5. The molecule has 5 heteroatoms. The Bertz CT molecular complexity index is 409. The van der Waals surface area contributed by atoms with Gasteiger partial charge in [0.15, 0.2) is 0 Å². The smallest absolute Gasteiger partial charge is 0.336 e. The van der Waals surface area contributed by atoms with Crippen molar-refractivity contribution in [1.82, 2.24) is 0 Å². The number of aliphatic imine (C=N–C) groups is 1. The summed E-state index contributed by atoms with van der Waals surface area (Å²) in [7, 11) is 0. The highest BCUT2D eigenvalue weighted by molar-refractivity contribution is 6.05. The lowest BCUT2D eigenvalue weighted by Gasteiger charge is -2.26. The maximum atomic E-state index is 11.8. The molecule has 0 radical (unpaired) electrons. The van der Waals surface area contributed by atoms with Gasteiger partial charge in [-0.25, -0.2) is 4.79 Å². The van der Waals surface area contributed by atoms with Gasteiger partial charge in [0, 0.05) is 17.3 Å². The lowest BCUT2D eigenvalue weighted by Crippen LogP contribution is -2.35. The molecule has 2 atom stereocenters. The van der Waals surface area contributed by atoms with Gasteiger partial charge in [-0.3, -0.25) is 9.79 Å². The number of hydrogen-bond donors (Lipinski definition) is 1. The van der Waals surface area contributed by atoms with Crippen LogP contribution in [0.15, 0.2) is 16.3 Å². The van der Waals surface area contributed by atoms with E-state index in [2.05, 4.69) is 4.99 Å². The van der Waals surface area contributed by atoms with E-state index >= 15 is 0 Å². The van der Waals surface area contributed by atoms with Crippen LogP contribution >= 0.6 is 0 Å². The Morgan fingerprint density at radius 2 is 2.00 bits per heavy atom. The molecule has 2 unspecified atom stereocenters. The number of allylic oxidation sites excluding steroid dienone is 1. The molecule has 0 spiro atoms. The Labute approximate surface area is 100 Å². The summed E-state index contributed by atoms with van der Waals surface area (Å²) < 4.78 is 4.93. The number of carboxylic acid groups (broad SMARTS) is 1. The normalized spacial score (nSPS) is 24.4. The highest BCUT2D eigenvalue weighted by Gasteiger charge is 2.37. The Morgan fingerprint density at radius 1 is 1.41 bits per heavy atom. The number of esters is 1. The van der Waals surface area contributed by atoms with Crippen molar-refractivity contribution in [2.24, 2.45) is 16.8 Å². The molecule has 0 saturated carbocycles. The highest BCUT2D eigenvalue weighted by Crippen LogP contribution is 2.31. The van der Waals surface area contributed by atoms with E-state index in [1.165, 1.54) is 0 Å². The van der Waals surface area contributed by atoms with Gasteiger partial charge in [-0.05, 0) is 20.8 Å². The summed E-state index contributed by atoms with van der Waals surface area (Å²) >= 11 is 0. The van der Waals surface area contributed by atoms with Crippen molar-refractivity contribution >= 4 is 17.7 Å². The third-order valence-corrected chi connectivity index (χ3v) is 2.90. The number of nitrogens with zero attached hydrogens (tertiary/aromatic N) is 1. The molecule has 94 valence electrons. The first-order valence-electron chi connectivity index (χ1n) is 5.56. The van der Waals surface area contributed by atoms with Gasteiger partial charge < -0.3 is 9.84 Å². The first-order chi connectivity index (χ1) is 7.90. The predicted octanol–water partition coefficient (Wildman–Crippen LogP) is 1.63. The number of carbonyl (C=O) groups is 2. The molecule has 5 nitrogen and oxygen atoms in total. The van der Waals surface area contributed by atoms with Crippen molar-refractivity contribution in [2.75, 3.05) is 6.61 Å². The van der Waals surface area contributed by atoms with Crippen LogP contribution in [0.5, 0.6) is 0 Å². The van der Waals surface area contributed by atoms with Gasteiger partial charge in [0.2, 0.25) is 0 Å². The van der Waals surface area contributed by atoms with E-state index in [0.717, 1.165) is 0 Å². The fraction of sp³-hybridized carbons (Fsp3) is 0.583. The molecule has 0 bridgehead atoms. The standard InChI is InChI=1S/C12H17NO4/c1-5-17-12(16)10-6(2)9(11(14)15)7(3)13-8(10)4/h6,9H,5H2,1-4H3,(H,14,15). The van der Waals surface area contributed by atoms with E-state index in [9.17, 15) is 9.59 Å². The predicted molar refractivity (Wildman–Crippen MR) is 62.7 cm³/mol. The van der Waals surface area contributed by atoms with E-state index in [-0.39, 0.29) is 6.61 Å². The summed E-state index contributed by atoms with van der Waals surface area (Å²) in [5.74, 6) is -2.60. The molecule has 1 rings (SSSR count). The molecular weight excluding hydrogens is 222 g/mol. The molecule has 0 aliphatic carbocycles. The minimum Gasteiger partial charge on any atom is -0.481 e. The SMILES string of the molecule is CCOC(=O)C1=C(C)N=C(C)C(C(=O)O)C1C. The Hall–Kier alpha value is -1.65. The van der Waals surface area contributed by atoms with Gasteiger partial charge in [0.1, 0.15) is 5.92 Å². The fourth-order valence-electron chi connectivity index (χ4n) is 2.19. The van der Waals surface area contributed by atoms with Crippen LogP contribution in [-0.2, 0) is 14.3 Å². The first kappa shape index (κ1) is 13.4. The maximum Gasteiger partial charge on any atom is 0.336 e. The molecule has 0 aromatic heterocycles. The summed E-state index contributed by atoms with van der Waals surface area (Å²) in [5.41, 5.74) is 1.44. The Balaban J connectivity index is 3.14. The van der Waals surface area contributed by atoms with E-state index in [1.807, 2.05) is 0 Å². The van der Waals surface area contributed by atoms with Crippen LogP contribution in [0.4, 0.5) is 0 Å². The summed E-state index contributed by atoms with van der Waals surface area (Å²) in [6, 6.07) is 0. The van der Waals surface area contributed by atoms with Crippen LogP contribution in [0.2, 0.25) is 0 Å². The van der Waals surface area contributed by atoms with Gasteiger partial charge in [0.25, 0.3) is 0 Å². The van der Waals surface area contributed by atoms with Crippen molar-refractivity contribution in [3.8, 4) is 0 Å². The number of ether oxygens (including phenoxy) is 1. The van der Waals surface area contributed by atoms with Gasteiger partial charge in [-0.1, -0.05) is 6.92 Å². The van der Waals surface area contributed by atoms with Crippen molar-refractivity contribution in [3.05, 3.63) is 11.3 Å².